The molecule has 15 nitrogen and oxygen atoms in total. The number of morpholine rings is 1. The van der Waals surface area contributed by atoms with Gasteiger partial charge in [0.15, 0.2) is 5.82 Å². The predicted molar refractivity (Wildman–Crippen MR) is 180 cm³/mol. The highest BCUT2D eigenvalue weighted by atomic mass is 16.6. The average molecular weight is 685 g/mol. The monoisotopic (exact) mass is 684 g/mol. The summed E-state index contributed by atoms with van der Waals surface area (Å²) in [6.45, 7) is 7.09. The third-order valence-corrected chi connectivity index (χ3v) is 9.16. The number of anilines is 3. The first kappa shape index (κ1) is 32.8. The van der Waals surface area contributed by atoms with Crippen LogP contribution in [0.15, 0.2) is 48.5 Å². The Kier molecular flexibility index (Phi) is 7.89. The summed E-state index contributed by atoms with van der Waals surface area (Å²) >= 11 is 0. The van der Waals surface area contributed by atoms with Crippen molar-refractivity contribution in [1.82, 2.24) is 19.7 Å². The number of imide groups is 1. The van der Waals surface area contributed by atoms with Gasteiger partial charge in [0.25, 0.3) is 5.91 Å². The molecular formula is C35H36N6O9. The minimum atomic E-state index is -1.36. The predicted octanol–water partition coefficient (Wildman–Crippen LogP) is 4.90. The van der Waals surface area contributed by atoms with Gasteiger partial charge in [0.1, 0.15) is 22.7 Å². The third-order valence-electron chi connectivity index (χ3n) is 9.16. The van der Waals surface area contributed by atoms with Gasteiger partial charge in [-0.2, -0.15) is 4.68 Å². The number of pyridine rings is 1. The zero-order chi connectivity index (χ0) is 35.5. The van der Waals surface area contributed by atoms with E-state index in [1.165, 1.54) is 14.2 Å². The van der Waals surface area contributed by atoms with E-state index in [4.69, 9.17) is 18.9 Å². The lowest BCUT2D eigenvalue weighted by Gasteiger charge is -2.26. The van der Waals surface area contributed by atoms with Crippen LogP contribution in [0.1, 0.15) is 54.7 Å². The quantitative estimate of drug-likeness (QED) is 0.282. The average Bonchev–Trinajstić information content (AvgIpc) is 3.68. The second-order valence-electron chi connectivity index (χ2n) is 13.3. The molecule has 50 heavy (non-hydrogen) atoms. The third kappa shape index (κ3) is 5.43. The smallest absolute Gasteiger partial charge is 0.435 e. The van der Waals surface area contributed by atoms with Gasteiger partial charge in [-0.05, 0) is 80.8 Å². The largest absolute Gasteiger partial charge is 0.497 e. The molecule has 3 aliphatic rings. The first-order valence-electron chi connectivity index (χ1n) is 16.1. The summed E-state index contributed by atoms with van der Waals surface area (Å²) < 4.78 is 23.1. The van der Waals surface area contributed by atoms with E-state index < -0.39 is 29.1 Å². The van der Waals surface area contributed by atoms with Crippen LogP contribution in [0.5, 0.6) is 11.6 Å². The van der Waals surface area contributed by atoms with Gasteiger partial charge < -0.3 is 34.3 Å². The number of fused-ring (bicyclic) bond motifs is 3. The lowest BCUT2D eigenvalue weighted by atomic mass is 9.91. The number of carboxylic acid groups (broad SMARTS) is 1. The molecule has 1 spiro atoms. The fourth-order valence-corrected chi connectivity index (χ4v) is 6.76. The summed E-state index contributed by atoms with van der Waals surface area (Å²) in [4.78, 5) is 59.4. The van der Waals surface area contributed by atoms with Gasteiger partial charge in [-0.15, -0.1) is 5.10 Å². The molecule has 260 valence electrons. The topological polar surface area (TPSA) is 175 Å². The number of benzene rings is 2. The molecular weight excluding hydrogens is 648 g/mol. The molecule has 2 atom stereocenters. The van der Waals surface area contributed by atoms with Crippen molar-refractivity contribution >= 4 is 52.1 Å². The molecule has 0 bridgehead atoms. The van der Waals surface area contributed by atoms with Gasteiger partial charge in [-0.3, -0.25) is 9.59 Å². The number of rotatable bonds is 6. The number of nitrogens with zero attached hydrogens (tertiary/aromatic N) is 5. The number of hydrogen-bond donors (Lipinski definition) is 2. The number of ether oxygens (including phenoxy) is 4. The number of amides is 3. The number of nitrogens with one attached hydrogen (secondary N) is 1. The zero-order valence-corrected chi connectivity index (χ0v) is 28.2. The van der Waals surface area contributed by atoms with Crippen molar-refractivity contribution in [1.29, 1.82) is 0 Å². The Bertz CT molecular complexity index is 2070. The molecule has 2 aromatic heterocycles. The molecule has 1 aliphatic carbocycles. The van der Waals surface area contributed by atoms with Crippen LogP contribution in [0, 0.1) is 0 Å². The maximum atomic E-state index is 13.7. The summed E-state index contributed by atoms with van der Waals surface area (Å²) in [5, 5.41) is 18.3. The molecule has 4 heterocycles. The van der Waals surface area contributed by atoms with Gasteiger partial charge in [-0.1, -0.05) is 6.07 Å². The van der Waals surface area contributed by atoms with E-state index in [9.17, 15) is 24.3 Å². The van der Waals surface area contributed by atoms with E-state index >= 15 is 0 Å². The van der Waals surface area contributed by atoms with Gasteiger partial charge in [-0.25, -0.2) is 19.5 Å². The molecule has 0 unspecified atom stereocenters. The van der Waals surface area contributed by atoms with Crippen LogP contribution < -0.4 is 19.7 Å². The zero-order valence-electron chi connectivity index (χ0n) is 28.2. The Morgan fingerprint density at radius 1 is 1.02 bits per heavy atom. The van der Waals surface area contributed by atoms with E-state index in [1.807, 2.05) is 6.07 Å². The summed E-state index contributed by atoms with van der Waals surface area (Å²) in [5.74, 6) is -0.204. The molecule has 1 saturated carbocycles. The molecule has 2 N–H and O–H groups in total. The van der Waals surface area contributed by atoms with Gasteiger partial charge in [0.2, 0.25) is 11.8 Å². The Balaban J connectivity index is 1.26. The van der Waals surface area contributed by atoms with Crippen LogP contribution in [0.4, 0.5) is 26.8 Å². The molecule has 2 fully saturated rings. The number of methoxy groups -OCH3 is 2. The Hall–Kier alpha value is -5.70. The lowest BCUT2D eigenvalue weighted by Crippen LogP contribution is -2.41. The van der Waals surface area contributed by atoms with Crippen LogP contribution >= 0.6 is 0 Å². The van der Waals surface area contributed by atoms with E-state index in [2.05, 4.69) is 15.4 Å². The second kappa shape index (κ2) is 12.0. The first-order valence-corrected chi connectivity index (χ1v) is 16.1. The van der Waals surface area contributed by atoms with Gasteiger partial charge in [0.05, 0.1) is 44.1 Å². The summed E-state index contributed by atoms with van der Waals surface area (Å²) in [6.07, 6.45) is -1.72. The number of carbonyl (C=O) groups is 4. The number of carbonyl (C=O) groups excluding carboxylic acids is 3. The van der Waals surface area contributed by atoms with E-state index in [1.54, 1.807) is 68.1 Å². The number of aromatic nitrogens is 3. The van der Waals surface area contributed by atoms with Crippen LogP contribution in [-0.2, 0) is 19.7 Å². The second-order valence-corrected chi connectivity index (χ2v) is 13.3. The van der Waals surface area contributed by atoms with Crippen molar-refractivity contribution in [3.8, 4) is 11.6 Å². The lowest BCUT2D eigenvalue weighted by molar-refractivity contribution is -0.119. The highest BCUT2D eigenvalue weighted by Gasteiger charge is 2.68. The summed E-state index contributed by atoms with van der Waals surface area (Å²) in [7, 11) is 2.95. The Morgan fingerprint density at radius 2 is 1.78 bits per heavy atom. The van der Waals surface area contributed by atoms with Crippen LogP contribution in [-0.4, -0.2) is 94.9 Å². The fraction of sp³-hybridized carbons (Fsp3) is 0.371. The molecule has 15 heteroatoms. The van der Waals surface area contributed by atoms with Crippen molar-refractivity contribution in [3.63, 3.8) is 0 Å². The molecule has 1 saturated heterocycles. The first-order chi connectivity index (χ1) is 23.9. The van der Waals surface area contributed by atoms with Crippen molar-refractivity contribution in [2.75, 3.05) is 50.7 Å². The van der Waals surface area contributed by atoms with Crippen molar-refractivity contribution in [3.05, 3.63) is 65.4 Å². The highest BCUT2D eigenvalue weighted by molar-refractivity contribution is 6.22. The maximum absolute atomic E-state index is 13.7. The van der Waals surface area contributed by atoms with E-state index in [0.29, 0.717) is 77.7 Å². The van der Waals surface area contributed by atoms with Crippen LogP contribution in [0.2, 0.25) is 0 Å². The summed E-state index contributed by atoms with van der Waals surface area (Å²) in [5.41, 5.74) is 0.687. The molecule has 0 radical (unpaired) electrons. The minimum Gasteiger partial charge on any atom is -0.497 e. The molecule has 4 aromatic rings. The molecule has 2 aliphatic heterocycles. The van der Waals surface area contributed by atoms with Gasteiger partial charge in [0, 0.05) is 24.4 Å². The standard InChI is InChI=1S/C35H36N6O9/c1-34(2,3)50-33(46)41-27-16-19(23-18-35(23)22-17-20(47-4)7-11-26(22)40(31(35)43)32(44)45)6-8-21(27)28(38-41)36-24-9-10-25(37-29(24)48-5)30(42)39-12-14-49-15-13-39/h6-11,16-17,23H,12-15,18H2,1-5H3,(H,36,38)(H,44,45)/t23-,35-/m0/s1. The molecule has 2 aromatic carbocycles. The minimum absolute atomic E-state index is 0.150. The van der Waals surface area contributed by atoms with E-state index in [-0.39, 0.29) is 23.4 Å². The molecule has 7 rings (SSSR count). The van der Waals surface area contributed by atoms with Crippen molar-refractivity contribution in [2.24, 2.45) is 0 Å². The maximum Gasteiger partial charge on any atom is 0.435 e. The van der Waals surface area contributed by atoms with Crippen molar-refractivity contribution in [2.45, 2.75) is 44.1 Å². The number of hydrogen-bond acceptors (Lipinski definition) is 11. The van der Waals surface area contributed by atoms with Crippen LogP contribution in [0.25, 0.3) is 10.9 Å². The summed E-state index contributed by atoms with van der Waals surface area (Å²) in [6, 6.07) is 13.6. The van der Waals surface area contributed by atoms with Crippen molar-refractivity contribution < 1.29 is 43.2 Å². The normalized spacial score (nSPS) is 19.8. The van der Waals surface area contributed by atoms with Gasteiger partial charge >= 0.3 is 12.2 Å². The Morgan fingerprint density at radius 3 is 2.46 bits per heavy atom. The van der Waals surface area contributed by atoms with E-state index in [0.717, 1.165) is 9.58 Å². The Labute approximate surface area is 286 Å². The highest BCUT2D eigenvalue weighted by Crippen LogP contribution is 2.67. The SMILES string of the molecule is COc1ccc2c(c1)[C@]1(C[C@H]1c1ccc3c(Nc4ccc(C(=O)N5CCOCC5)nc4OC)nn(C(=O)OC(C)(C)C)c3c1)C(=O)N2C(=O)O. The fourth-order valence-electron chi connectivity index (χ4n) is 6.76. The van der Waals surface area contributed by atoms with Crippen LogP contribution in [0.3, 0.4) is 0 Å². The molecule has 3 amide bonds.